The van der Waals surface area contributed by atoms with Gasteiger partial charge in [-0.05, 0) is 17.7 Å². The lowest BCUT2D eigenvalue weighted by molar-refractivity contribution is 0.303. The Hall–Kier alpha value is -1.19. The second-order valence-electron chi connectivity index (χ2n) is 3.17. The minimum absolute atomic E-state index is 0.679. The zero-order valence-corrected chi connectivity index (χ0v) is 8.39. The van der Waals surface area contributed by atoms with Crippen LogP contribution in [-0.2, 0) is 6.54 Å². The van der Waals surface area contributed by atoms with E-state index in [0.717, 1.165) is 19.6 Å². The first-order valence-corrected chi connectivity index (χ1v) is 4.79. The van der Waals surface area contributed by atoms with Crippen LogP contribution in [0.5, 0.6) is 0 Å². The second kappa shape index (κ2) is 6.29. The summed E-state index contributed by atoms with van der Waals surface area (Å²) < 4.78 is 0. The summed E-state index contributed by atoms with van der Waals surface area (Å²) in [7, 11) is 0. The molecule has 3 nitrogen and oxygen atoms in total. The molecule has 0 aliphatic carbocycles. The topological polar surface area (TPSA) is 42.1 Å². The number of hydrogen-bond donors (Lipinski definition) is 1. The molecule has 0 fully saturated rings. The lowest BCUT2D eigenvalue weighted by atomic mass is 10.2. The summed E-state index contributed by atoms with van der Waals surface area (Å²) in [5.74, 6) is 0. The standard InChI is InChI=1S/C11H17N3/c1-2-8-14(9-5-12)10-11-3-6-13-7-4-11/h2-4,6-7H,1,5,8-10,12H2. The van der Waals surface area contributed by atoms with Crippen molar-refractivity contribution < 1.29 is 0 Å². The first-order valence-electron chi connectivity index (χ1n) is 4.79. The minimum Gasteiger partial charge on any atom is -0.329 e. The molecule has 1 aromatic rings. The second-order valence-corrected chi connectivity index (χ2v) is 3.17. The van der Waals surface area contributed by atoms with Gasteiger partial charge in [-0.1, -0.05) is 6.08 Å². The van der Waals surface area contributed by atoms with E-state index in [1.165, 1.54) is 5.56 Å². The van der Waals surface area contributed by atoms with Gasteiger partial charge in [0.1, 0.15) is 0 Å². The van der Waals surface area contributed by atoms with Gasteiger partial charge in [-0.2, -0.15) is 0 Å². The van der Waals surface area contributed by atoms with E-state index in [0.29, 0.717) is 6.54 Å². The van der Waals surface area contributed by atoms with E-state index in [-0.39, 0.29) is 0 Å². The molecular weight excluding hydrogens is 174 g/mol. The molecule has 1 rings (SSSR count). The van der Waals surface area contributed by atoms with Crippen LogP contribution >= 0.6 is 0 Å². The van der Waals surface area contributed by atoms with Crippen LogP contribution in [0.4, 0.5) is 0 Å². The molecule has 0 atom stereocenters. The minimum atomic E-state index is 0.679. The molecule has 0 spiro atoms. The van der Waals surface area contributed by atoms with Gasteiger partial charge in [0.15, 0.2) is 0 Å². The lowest BCUT2D eigenvalue weighted by Crippen LogP contribution is -2.29. The molecule has 1 aromatic heterocycles. The highest BCUT2D eigenvalue weighted by molar-refractivity contribution is 5.09. The molecule has 0 aliphatic rings. The molecule has 2 N–H and O–H groups in total. The summed E-state index contributed by atoms with van der Waals surface area (Å²) in [5, 5.41) is 0. The van der Waals surface area contributed by atoms with E-state index < -0.39 is 0 Å². The molecule has 0 saturated heterocycles. The van der Waals surface area contributed by atoms with Crippen LogP contribution in [0.3, 0.4) is 0 Å². The summed E-state index contributed by atoms with van der Waals surface area (Å²) >= 11 is 0. The SMILES string of the molecule is C=CCN(CCN)Cc1ccncc1. The molecule has 76 valence electrons. The van der Waals surface area contributed by atoms with Crippen molar-refractivity contribution in [3.63, 3.8) is 0 Å². The van der Waals surface area contributed by atoms with Crippen LogP contribution in [0.2, 0.25) is 0 Å². The molecule has 3 heteroatoms. The maximum atomic E-state index is 5.53. The quantitative estimate of drug-likeness (QED) is 0.683. The summed E-state index contributed by atoms with van der Waals surface area (Å²) in [4.78, 5) is 6.23. The number of hydrogen-bond acceptors (Lipinski definition) is 3. The molecule has 1 heterocycles. The van der Waals surface area contributed by atoms with Crippen molar-refractivity contribution in [1.29, 1.82) is 0 Å². The predicted octanol–water partition coefficient (Wildman–Crippen LogP) is 1.03. The average molecular weight is 191 g/mol. The third kappa shape index (κ3) is 3.68. The highest BCUT2D eigenvalue weighted by Gasteiger charge is 2.01. The Morgan fingerprint density at radius 2 is 2.14 bits per heavy atom. The first-order chi connectivity index (χ1) is 6.86. The van der Waals surface area contributed by atoms with E-state index in [1.54, 1.807) is 0 Å². The molecule has 0 aromatic carbocycles. The van der Waals surface area contributed by atoms with Gasteiger partial charge in [-0.15, -0.1) is 6.58 Å². The fourth-order valence-electron chi connectivity index (χ4n) is 1.35. The van der Waals surface area contributed by atoms with Crippen molar-refractivity contribution in [1.82, 2.24) is 9.88 Å². The zero-order valence-electron chi connectivity index (χ0n) is 8.39. The van der Waals surface area contributed by atoms with Crippen molar-refractivity contribution >= 4 is 0 Å². The van der Waals surface area contributed by atoms with Gasteiger partial charge in [0.25, 0.3) is 0 Å². The molecule has 0 aliphatic heterocycles. The van der Waals surface area contributed by atoms with Gasteiger partial charge in [0.05, 0.1) is 0 Å². The van der Waals surface area contributed by atoms with Crippen LogP contribution in [-0.4, -0.2) is 29.5 Å². The normalized spacial score (nSPS) is 10.4. The molecular formula is C11H17N3. The van der Waals surface area contributed by atoms with E-state index in [9.17, 15) is 0 Å². The number of aromatic nitrogens is 1. The average Bonchev–Trinajstić information content (AvgIpc) is 2.20. The Labute approximate surface area is 85.3 Å². The largest absolute Gasteiger partial charge is 0.329 e. The van der Waals surface area contributed by atoms with Gasteiger partial charge in [-0.25, -0.2) is 0 Å². The highest BCUT2D eigenvalue weighted by atomic mass is 15.1. The van der Waals surface area contributed by atoms with Gasteiger partial charge < -0.3 is 5.73 Å². The number of nitrogens with two attached hydrogens (primary N) is 1. The van der Waals surface area contributed by atoms with E-state index in [4.69, 9.17) is 5.73 Å². The van der Waals surface area contributed by atoms with Crippen LogP contribution in [0.15, 0.2) is 37.2 Å². The first kappa shape index (κ1) is 10.9. The summed E-state index contributed by atoms with van der Waals surface area (Å²) in [6, 6.07) is 4.04. The van der Waals surface area contributed by atoms with E-state index >= 15 is 0 Å². The van der Waals surface area contributed by atoms with Gasteiger partial charge in [-0.3, -0.25) is 9.88 Å². The molecule has 0 amide bonds. The maximum Gasteiger partial charge on any atom is 0.0271 e. The fraction of sp³-hybridized carbons (Fsp3) is 0.364. The summed E-state index contributed by atoms with van der Waals surface area (Å²) in [6.45, 7) is 7.09. The molecule has 14 heavy (non-hydrogen) atoms. The van der Waals surface area contributed by atoms with Gasteiger partial charge in [0, 0.05) is 38.6 Å². The van der Waals surface area contributed by atoms with Crippen LogP contribution in [0, 0.1) is 0 Å². The van der Waals surface area contributed by atoms with Crippen molar-refractivity contribution in [2.24, 2.45) is 5.73 Å². The van der Waals surface area contributed by atoms with Crippen molar-refractivity contribution in [3.05, 3.63) is 42.7 Å². The fourth-order valence-corrected chi connectivity index (χ4v) is 1.35. The smallest absolute Gasteiger partial charge is 0.0271 e. The Morgan fingerprint density at radius 3 is 2.71 bits per heavy atom. The number of rotatable bonds is 6. The monoisotopic (exact) mass is 191 g/mol. The zero-order chi connectivity index (χ0) is 10.2. The van der Waals surface area contributed by atoms with Crippen LogP contribution < -0.4 is 5.73 Å². The molecule has 0 radical (unpaired) electrons. The van der Waals surface area contributed by atoms with Crippen molar-refractivity contribution in [2.75, 3.05) is 19.6 Å². The molecule has 0 bridgehead atoms. The number of nitrogens with zero attached hydrogens (tertiary/aromatic N) is 2. The van der Waals surface area contributed by atoms with E-state index in [1.807, 2.05) is 30.6 Å². The van der Waals surface area contributed by atoms with E-state index in [2.05, 4.69) is 16.5 Å². The van der Waals surface area contributed by atoms with Crippen molar-refractivity contribution in [3.8, 4) is 0 Å². The van der Waals surface area contributed by atoms with Crippen LogP contribution in [0.1, 0.15) is 5.56 Å². The molecule has 0 unspecified atom stereocenters. The number of pyridine rings is 1. The summed E-state index contributed by atoms with van der Waals surface area (Å²) in [5.41, 5.74) is 6.78. The Kier molecular flexibility index (Phi) is 4.89. The Morgan fingerprint density at radius 1 is 1.43 bits per heavy atom. The Balaban J connectivity index is 2.50. The maximum absolute atomic E-state index is 5.53. The third-order valence-corrected chi connectivity index (χ3v) is 1.99. The van der Waals surface area contributed by atoms with Gasteiger partial charge >= 0.3 is 0 Å². The van der Waals surface area contributed by atoms with Gasteiger partial charge in [0.2, 0.25) is 0 Å². The van der Waals surface area contributed by atoms with Crippen LogP contribution in [0.25, 0.3) is 0 Å². The Bertz CT molecular complexity index is 258. The molecule has 0 saturated carbocycles. The summed E-state index contributed by atoms with van der Waals surface area (Å²) in [6.07, 6.45) is 5.52. The lowest BCUT2D eigenvalue weighted by Gasteiger charge is -2.19. The van der Waals surface area contributed by atoms with Crippen molar-refractivity contribution in [2.45, 2.75) is 6.54 Å². The third-order valence-electron chi connectivity index (χ3n) is 1.99. The highest BCUT2D eigenvalue weighted by Crippen LogP contribution is 2.02. The predicted molar refractivity (Wildman–Crippen MR) is 58.8 cm³/mol.